The highest BCUT2D eigenvalue weighted by Gasteiger charge is 2.13. The van der Waals surface area contributed by atoms with Gasteiger partial charge in [-0.3, -0.25) is 0 Å². The van der Waals surface area contributed by atoms with Gasteiger partial charge in [0.15, 0.2) is 11.5 Å². The molecule has 1 aliphatic rings. The topological polar surface area (TPSA) is 67.2 Å². The average Bonchev–Trinajstić information content (AvgIpc) is 3.32. The van der Waals surface area contributed by atoms with E-state index in [0.717, 1.165) is 27.2 Å². The van der Waals surface area contributed by atoms with Crippen molar-refractivity contribution in [2.45, 2.75) is 0 Å². The molecule has 1 aromatic heterocycles. The van der Waals surface area contributed by atoms with Crippen LogP contribution in [0.3, 0.4) is 0 Å². The molecule has 1 N–H and O–H groups in total. The largest absolute Gasteiger partial charge is 0.454 e. The molecule has 0 atom stereocenters. The van der Waals surface area contributed by atoms with E-state index in [9.17, 15) is 5.26 Å². The molecule has 0 aliphatic carbocycles. The Labute approximate surface area is 162 Å². The van der Waals surface area contributed by atoms with E-state index in [4.69, 9.17) is 9.47 Å². The Bertz CT molecular complexity index is 1020. The van der Waals surface area contributed by atoms with Crippen LogP contribution >= 0.6 is 27.3 Å². The van der Waals surface area contributed by atoms with Gasteiger partial charge in [-0.2, -0.15) is 5.26 Å². The Hall–Kier alpha value is -2.82. The van der Waals surface area contributed by atoms with Crippen LogP contribution in [0.15, 0.2) is 58.5 Å². The van der Waals surface area contributed by atoms with Crippen molar-refractivity contribution in [2.75, 3.05) is 12.1 Å². The Morgan fingerprint density at radius 2 is 2.00 bits per heavy atom. The van der Waals surface area contributed by atoms with Crippen molar-refractivity contribution in [3.63, 3.8) is 0 Å². The molecule has 3 aromatic rings. The maximum atomic E-state index is 9.49. The first-order chi connectivity index (χ1) is 12.7. The fourth-order valence-corrected chi connectivity index (χ4v) is 3.49. The number of benzene rings is 2. The smallest absolute Gasteiger partial charge is 0.231 e. The number of allylic oxidation sites excluding steroid dienone is 1. The summed E-state index contributed by atoms with van der Waals surface area (Å²) in [5.41, 5.74) is 3.14. The molecule has 0 saturated carbocycles. The zero-order valence-electron chi connectivity index (χ0n) is 13.4. The summed E-state index contributed by atoms with van der Waals surface area (Å²) in [5.74, 6) is 1.41. The number of nitriles is 1. The lowest BCUT2D eigenvalue weighted by Gasteiger charge is -2.03. The minimum absolute atomic E-state index is 0.232. The van der Waals surface area contributed by atoms with Crippen LogP contribution in [0.2, 0.25) is 0 Å². The summed E-state index contributed by atoms with van der Waals surface area (Å²) in [6, 6.07) is 15.7. The van der Waals surface area contributed by atoms with Crippen molar-refractivity contribution in [1.82, 2.24) is 4.98 Å². The number of hydrogen-bond donors (Lipinski definition) is 1. The van der Waals surface area contributed by atoms with Gasteiger partial charge >= 0.3 is 0 Å². The molecule has 1 aliphatic heterocycles. The third-order valence-electron chi connectivity index (χ3n) is 3.75. The van der Waals surface area contributed by atoms with Crippen LogP contribution < -0.4 is 14.8 Å². The van der Waals surface area contributed by atoms with Gasteiger partial charge in [0.2, 0.25) is 6.79 Å². The lowest BCUT2D eigenvalue weighted by atomic mass is 10.2. The first-order valence-corrected chi connectivity index (χ1v) is 9.38. The van der Waals surface area contributed by atoms with Gasteiger partial charge in [0.1, 0.15) is 16.6 Å². The number of aromatic nitrogens is 1. The zero-order chi connectivity index (χ0) is 17.9. The zero-order valence-corrected chi connectivity index (χ0v) is 15.8. The molecule has 0 spiro atoms. The van der Waals surface area contributed by atoms with Crippen molar-refractivity contribution in [3.05, 3.63) is 63.5 Å². The molecule has 0 bridgehead atoms. The van der Waals surface area contributed by atoms with Crippen LogP contribution in [0.4, 0.5) is 5.69 Å². The Morgan fingerprint density at radius 1 is 1.19 bits per heavy atom. The maximum absolute atomic E-state index is 9.49. The van der Waals surface area contributed by atoms with E-state index >= 15 is 0 Å². The highest BCUT2D eigenvalue weighted by molar-refractivity contribution is 9.10. The highest BCUT2D eigenvalue weighted by Crippen LogP contribution is 2.34. The van der Waals surface area contributed by atoms with Crippen LogP contribution in [0.5, 0.6) is 11.5 Å². The summed E-state index contributed by atoms with van der Waals surface area (Å²) in [4.78, 5) is 4.58. The predicted molar refractivity (Wildman–Crippen MR) is 105 cm³/mol. The Balaban J connectivity index is 1.55. The number of anilines is 1. The van der Waals surface area contributed by atoms with Crippen molar-refractivity contribution in [3.8, 4) is 28.8 Å². The van der Waals surface area contributed by atoms with Gasteiger partial charge in [-0.05, 0) is 24.3 Å². The number of rotatable bonds is 4. The minimum atomic E-state index is 0.232. The molecule has 4 rings (SSSR count). The fraction of sp³-hybridized carbons (Fsp3) is 0.0526. The van der Waals surface area contributed by atoms with Gasteiger partial charge in [-0.15, -0.1) is 11.3 Å². The lowest BCUT2D eigenvalue weighted by molar-refractivity contribution is 0.174. The van der Waals surface area contributed by atoms with Crippen molar-refractivity contribution in [1.29, 1.82) is 5.26 Å². The second kappa shape index (κ2) is 7.20. The van der Waals surface area contributed by atoms with Crippen LogP contribution in [-0.4, -0.2) is 11.8 Å². The van der Waals surface area contributed by atoms with Gasteiger partial charge in [0.25, 0.3) is 0 Å². The van der Waals surface area contributed by atoms with E-state index in [1.807, 2.05) is 47.8 Å². The van der Waals surface area contributed by atoms with Crippen LogP contribution in [0.1, 0.15) is 5.01 Å². The Morgan fingerprint density at radius 3 is 2.81 bits per heavy atom. The van der Waals surface area contributed by atoms with Gasteiger partial charge in [0.05, 0.1) is 5.69 Å². The molecule has 2 aromatic carbocycles. The number of fused-ring (bicyclic) bond motifs is 1. The second-order valence-electron chi connectivity index (χ2n) is 5.43. The monoisotopic (exact) mass is 425 g/mol. The normalized spacial score (nSPS) is 12.7. The molecular formula is C19H12BrN3O2S. The molecule has 2 heterocycles. The average molecular weight is 426 g/mol. The van der Waals surface area contributed by atoms with E-state index in [-0.39, 0.29) is 6.79 Å². The number of thiazole rings is 1. The highest BCUT2D eigenvalue weighted by atomic mass is 79.9. The van der Waals surface area contributed by atoms with Crippen molar-refractivity contribution < 1.29 is 9.47 Å². The lowest BCUT2D eigenvalue weighted by Crippen LogP contribution is -1.93. The standard InChI is InChI=1S/C19H12BrN3O2S/c20-14-3-1-12(2-4-14)16-10-26-19(23-16)13(8-21)9-22-15-5-6-17-18(7-15)25-11-24-17/h1-7,9-10,22H,11H2. The number of halogens is 1. The summed E-state index contributed by atoms with van der Waals surface area (Å²) >= 11 is 4.86. The van der Waals surface area contributed by atoms with E-state index in [1.54, 1.807) is 6.20 Å². The quantitative estimate of drug-likeness (QED) is 0.576. The second-order valence-corrected chi connectivity index (χ2v) is 7.20. The molecule has 0 fully saturated rings. The van der Waals surface area contributed by atoms with E-state index in [2.05, 4.69) is 32.3 Å². The molecular weight excluding hydrogens is 414 g/mol. The van der Waals surface area contributed by atoms with Gasteiger partial charge in [-0.1, -0.05) is 28.1 Å². The summed E-state index contributed by atoms with van der Waals surface area (Å²) in [6.45, 7) is 0.232. The number of nitrogens with zero attached hydrogens (tertiary/aromatic N) is 2. The first kappa shape index (κ1) is 16.6. The predicted octanol–water partition coefficient (Wildman–Crippen LogP) is 5.28. The molecule has 0 unspecified atom stereocenters. The van der Waals surface area contributed by atoms with Gasteiger partial charge in [0, 0.05) is 33.4 Å². The minimum Gasteiger partial charge on any atom is -0.454 e. The molecule has 0 amide bonds. The van der Waals surface area contributed by atoms with Gasteiger partial charge < -0.3 is 14.8 Å². The molecule has 7 heteroatoms. The third-order valence-corrected chi connectivity index (χ3v) is 5.16. The van der Waals surface area contributed by atoms with Crippen LogP contribution in [0, 0.1) is 11.3 Å². The van der Waals surface area contributed by atoms with Crippen LogP contribution in [0.25, 0.3) is 16.8 Å². The summed E-state index contributed by atoms with van der Waals surface area (Å²) in [7, 11) is 0. The number of hydrogen-bond acceptors (Lipinski definition) is 6. The van der Waals surface area contributed by atoms with E-state index < -0.39 is 0 Å². The molecule has 128 valence electrons. The molecule has 26 heavy (non-hydrogen) atoms. The SMILES string of the molecule is N#CC(=CNc1ccc2c(c1)OCO2)c1nc(-c2ccc(Br)cc2)cs1. The maximum Gasteiger partial charge on any atom is 0.231 e. The van der Waals surface area contributed by atoms with Crippen LogP contribution in [-0.2, 0) is 0 Å². The van der Waals surface area contributed by atoms with E-state index in [1.165, 1.54) is 11.3 Å². The fourth-order valence-electron chi connectivity index (χ4n) is 2.43. The number of nitrogens with one attached hydrogen (secondary N) is 1. The number of ether oxygens (including phenoxy) is 2. The van der Waals surface area contributed by atoms with Crippen molar-refractivity contribution in [2.24, 2.45) is 0 Å². The third kappa shape index (κ3) is 3.43. The Kier molecular flexibility index (Phi) is 4.61. The van der Waals surface area contributed by atoms with E-state index in [0.29, 0.717) is 16.3 Å². The molecule has 0 radical (unpaired) electrons. The molecule has 5 nitrogen and oxygen atoms in total. The molecule has 0 saturated heterocycles. The van der Waals surface area contributed by atoms with Crippen molar-refractivity contribution >= 4 is 38.5 Å². The van der Waals surface area contributed by atoms with Gasteiger partial charge in [-0.25, -0.2) is 4.98 Å². The summed E-state index contributed by atoms with van der Waals surface area (Å²) in [5, 5.41) is 15.2. The first-order valence-electron chi connectivity index (χ1n) is 7.71. The summed E-state index contributed by atoms with van der Waals surface area (Å²) in [6.07, 6.45) is 1.65. The summed E-state index contributed by atoms with van der Waals surface area (Å²) < 4.78 is 11.7.